The third-order valence-corrected chi connectivity index (χ3v) is 5.85. The van der Waals surface area contributed by atoms with Crippen molar-refractivity contribution in [1.82, 2.24) is 9.80 Å². The molecular formula is C18H18N2O3S. The van der Waals surface area contributed by atoms with E-state index >= 15 is 0 Å². The summed E-state index contributed by atoms with van der Waals surface area (Å²) in [4.78, 5) is 41.3. The standard InChI is InChI=1S/C18H18N2O3S/c21-16(8-7-13-4-3-9-24-13)19-10-12(11-19)20-17(22)14-5-1-2-6-15(14)18(20)23/h1-4,7-9,12,14-15H,5-6,10-11H2/b8-7+. The van der Waals surface area contributed by atoms with Gasteiger partial charge < -0.3 is 4.90 Å². The van der Waals surface area contributed by atoms with Crippen molar-refractivity contribution in [2.75, 3.05) is 13.1 Å². The molecule has 1 aromatic heterocycles. The molecule has 5 nitrogen and oxygen atoms in total. The van der Waals surface area contributed by atoms with Crippen LogP contribution in [0.3, 0.4) is 0 Å². The zero-order valence-electron chi connectivity index (χ0n) is 13.1. The second kappa shape index (κ2) is 6.02. The molecule has 2 saturated heterocycles. The van der Waals surface area contributed by atoms with Crippen LogP contribution in [0.1, 0.15) is 17.7 Å². The summed E-state index contributed by atoms with van der Waals surface area (Å²) in [6.07, 6.45) is 8.64. The summed E-state index contributed by atoms with van der Waals surface area (Å²) >= 11 is 1.57. The van der Waals surface area contributed by atoms with E-state index < -0.39 is 0 Å². The van der Waals surface area contributed by atoms with E-state index in [4.69, 9.17) is 0 Å². The molecule has 6 heteroatoms. The number of hydrogen-bond acceptors (Lipinski definition) is 4. The minimum atomic E-state index is -0.189. The van der Waals surface area contributed by atoms with Crippen LogP contribution in [0.15, 0.2) is 35.7 Å². The molecule has 3 heterocycles. The number of likely N-dealkylation sites (tertiary alicyclic amines) is 2. The summed E-state index contributed by atoms with van der Waals surface area (Å²) in [5.74, 6) is -0.559. The number of amides is 3. The topological polar surface area (TPSA) is 57.7 Å². The Hall–Kier alpha value is -2.21. The first kappa shape index (κ1) is 15.3. The highest BCUT2D eigenvalue weighted by Crippen LogP contribution is 2.37. The average molecular weight is 342 g/mol. The summed E-state index contributed by atoms with van der Waals surface area (Å²) in [5, 5.41) is 1.96. The van der Waals surface area contributed by atoms with Crippen LogP contribution in [0.25, 0.3) is 6.08 Å². The monoisotopic (exact) mass is 342 g/mol. The van der Waals surface area contributed by atoms with Crippen LogP contribution in [-0.4, -0.2) is 46.7 Å². The van der Waals surface area contributed by atoms with Gasteiger partial charge in [-0.25, -0.2) is 0 Å². The Morgan fingerprint density at radius 1 is 1.12 bits per heavy atom. The van der Waals surface area contributed by atoms with Crippen LogP contribution >= 0.6 is 11.3 Å². The molecule has 0 radical (unpaired) electrons. The zero-order chi connectivity index (χ0) is 16.7. The first-order valence-electron chi connectivity index (χ1n) is 8.17. The average Bonchev–Trinajstić information content (AvgIpc) is 3.15. The number of fused-ring (bicyclic) bond motifs is 1. The van der Waals surface area contributed by atoms with E-state index in [1.807, 2.05) is 29.7 Å². The van der Waals surface area contributed by atoms with Gasteiger partial charge in [-0.2, -0.15) is 0 Å². The van der Waals surface area contributed by atoms with Gasteiger partial charge in [0.1, 0.15) is 0 Å². The van der Waals surface area contributed by atoms with E-state index in [-0.39, 0.29) is 35.6 Å². The normalized spacial score (nSPS) is 27.0. The number of hydrogen-bond donors (Lipinski definition) is 0. The predicted molar refractivity (Wildman–Crippen MR) is 90.9 cm³/mol. The van der Waals surface area contributed by atoms with Crippen LogP contribution in [-0.2, 0) is 14.4 Å². The molecule has 0 saturated carbocycles. The van der Waals surface area contributed by atoms with Crippen molar-refractivity contribution in [3.8, 4) is 0 Å². The fourth-order valence-electron chi connectivity index (χ4n) is 3.63. The lowest BCUT2D eigenvalue weighted by molar-refractivity contribution is -0.151. The van der Waals surface area contributed by atoms with Gasteiger partial charge in [0.25, 0.3) is 0 Å². The first-order valence-corrected chi connectivity index (χ1v) is 9.05. The number of allylic oxidation sites excluding steroid dienone is 2. The quantitative estimate of drug-likeness (QED) is 0.479. The molecule has 0 aromatic carbocycles. The minimum Gasteiger partial charge on any atom is -0.335 e. The van der Waals surface area contributed by atoms with Crippen molar-refractivity contribution in [2.24, 2.45) is 11.8 Å². The largest absolute Gasteiger partial charge is 0.335 e. The third-order valence-electron chi connectivity index (χ3n) is 5.01. The summed E-state index contributed by atoms with van der Waals surface area (Å²) in [7, 11) is 0. The highest BCUT2D eigenvalue weighted by Gasteiger charge is 2.52. The summed E-state index contributed by atoms with van der Waals surface area (Å²) in [6, 6.07) is 3.73. The fourth-order valence-corrected chi connectivity index (χ4v) is 4.25. The summed E-state index contributed by atoms with van der Waals surface area (Å²) in [6.45, 7) is 0.885. The molecule has 4 rings (SSSR count). The molecule has 2 aliphatic heterocycles. The molecule has 124 valence electrons. The highest BCUT2D eigenvalue weighted by molar-refractivity contribution is 7.10. The lowest BCUT2D eigenvalue weighted by atomic mass is 9.85. The molecule has 3 aliphatic rings. The Morgan fingerprint density at radius 2 is 1.79 bits per heavy atom. The summed E-state index contributed by atoms with van der Waals surface area (Å²) < 4.78 is 0. The zero-order valence-corrected chi connectivity index (χ0v) is 13.9. The van der Waals surface area contributed by atoms with Gasteiger partial charge in [-0.15, -0.1) is 11.3 Å². The Bertz CT molecular complexity index is 705. The second-order valence-corrected chi connectivity index (χ2v) is 7.43. The van der Waals surface area contributed by atoms with Gasteiger partial charge in [0.2, 0.25) is 17.7 Å². The molecule has 0 spiro atoms. The van der Waals surface area contributed by atoms with Gasteiger partial charge in [-0.3, -0.25) is 19.3 Å². The smallest absolute Gasteiger partial charge is 0.246 e. The molecule has 24 heavy (non-hydrogen) atoms. The van der Waals surface area contributed by atoms with Crippen LogP contribution in [0.4, 0.5) is 0 Å². The van der Waals surface area contributed by atoms with Crippen LogP contribution in [0, 0.1) is 11.8 Å². The van der Waals surface area contributed by atoms with E-state index in [0.717, 1.165) is 4.88 Å². The molecule has 0 bridgehead atoms. The van der Waals surface area contributed by atoms with E-state index in [0.29, 0.717) is 25.9 Å². The minimum absolute atomic E-state index is 0.0550. The maximum atomic E-state index is 12.5. The molecular weight excluding hydrogens is 324 g/mol. The number of imide groups is 1. The Kier molecular flexibility index (Phi) is 3.84. The first-order chi connectivity index (χ1) is 11.6. The van der Waals surface area contributed by atoms with E-state index in [9.17, 15) is 14.4 Å². The van der Waals surface area contributed by atoms with Crippen molar-refractivity contribution >= 4 is 35.1 Å². The number of carbonyl (C=O) groups excluding carboxylic acids is 3. The number of nitrogens with zero attached hydrogens (tertiary/aromatic N) is 2. The van der Waals surface area contributed by atoms with E-state index in [1.165, 1.54) is 4.90 Å². The van der Waals surface area contributed by atoms with Crippen molar-refractivity contribution in [2.45, 2.75) is 18.9 Å². The molecule has 0 N–H and O–H groups in total. The highest BCUT2D eigenvalue weighted by atomic mass is 32.1. The Balaban J connectivity index is 1.36. The molecule has 2 unspecified atom stereocenters. The van der Waals surface area contributed by atoms with Gasteiger partial charge in [0.05, 0.1) is 17.9 Å². The van der Waals surface area contributed by atoms with Crippen molar-refractivity contribution < 1.29 is 14.4 Å². The van der Waals surface area contributed by atoms with Gasteiger partial charge in [0.15, 0.2) is 0 Å². The molecule has 1 aliphatic carbocycles. The number of carbonyl (C=O) groups is 3. The number of rotatable bonds is 3. The third kappa shape index (κ3) is 2.51. The van der Waals surface area contributed by atoms with Crippen molar-refractivity contribution in [3.63, 3.8) is 0 Å². The maximum absolute atomic E-state index is 12.5. The van der Waals surface area contributed by atoms with Gasteiger partial charge >= 0.3 is 0 Å². The van der Waals surface area contributed by atoms with Gasteiger partial charge in [-0.05, 0) is 30.4 Å². The van der Waals surface area contributed by atoms with Crippen LogP contribution < -0.4 is 0 Å². The van der Waals surface area contributed by atoms with Gasteiger partial charge in [-0.1, -0.05) is 18.2 Å². The second-order valence-electron chi connectivity index (χ2n) is 6.45. The SMILES string of the molecule is O=C(/C=C/c1cccs1)N1CC(N2C(=O)C3CC=CCC3C2=O)C1. The Morgan fingerprint density at radius 3 is 2.38 bits per heavy atom. The number of thiophene rings is 1. The lowest BCUT2D eigenvalue weighted by Gasteiger charge is -2.42. The maximum Gasteiger partial charge on any atom is 0.246 e. The fraction of sp³-hybridized carbons (Fsp3) is 0.389. The van der Waals surface area contributed by atoms with Gasteiger partial charge in [0, 0.05) is 24.0 Å². The molecule has 1 aromatic rings. The van der Waals surface area contributed by atoms with Crippen molar-refractivity contribution in [1.29, 1.82) is 0 Å². The Labute approximate surface area is 144 Å². The molecule has 3 amide bonds. The van der Waals surface area contributed by atoms with E-state index in [1.54, 1.807) is 28.4 Å². The van der Waals surface area contributed by atoms with Crippen LogP contribution in [0.2, 0.25) is 0 Å². The molecule has 2 fully saturated rings. The predicted octanol–water partition coefficient (Wildman–Crippen LogP) is 1.92. The van der Waals surface area contributed by atoms with E-state index in [2.05, 4.69) is 0 Å². The molecule has 2 atom stereocenters. The lowest BCUT2D eigenvalue weighted by Crippen LogP contribution is -2.62. The summed E-state index contributed by atoms with van der Waals surface area (Å²) in [5.41, 5.74) is 0. The van der Waals surface area contributed by atoms with Crippen LogP contribution in [0.5, 0.6) is 0 Å². The van der Waals surface area contributed by atoms with Crippen molar-refractivity contribution in [3.05, 3.63) is 40.6 Å².